The van der Waals surface area contributed by atoms with Gasteiger partial charge >= 0.3 is 29.8 Å². The number of unbranched alkanes of at least 4 members (excludes halogenated alkanes) is 5. The molecule has 0 unspecified atom stereocenters. The summed E-state index contributed by atoms with van der Waals surface area (Å²) in [4.78, 5) is 50.7. The van der Waals surface area contributed by atoms with Gasteiger partial charge < -0.3 is 82.9 Å². The van der Waals surface area contributed by atoms with Crippen molar-refractivity contribution in [1.82, 2.24) is 0 Å². The van der Waals surface area contributed by atoms with Crippen molar-refractivity contribution in [3.8, 4) is 0 Å². The maximum Gasteiger partial charge on any atom is 0.320 e. The lowest BCUT2D eigenvalue weighted by atomic mass is 10.1. The second-order valence-corrected chi connectivity index (χ2v) is 11.1. The highest BCUT2D eigenvalue weighted by Crippen LogP contribution is 1.99. The summed E-state index contributed by atoms with van der Waals surface area (Å²) in [6.45, 7) is 3.02. The number of hydrogen-bond acceptors (Lipinski definition) is 15. The minimum absolute atomic E-state index is 0.520. The van der Waals surface area contributed by atoms with E-state index in [9.17, 15) is 24.0 Å². The summed E-state index contributed by atoms with van der Waals surface area (Å²) < 4.78 is 0. The lowest BCUT2D eigenvalue weighted by Crippen LogP contribution is -2.29. The smallest absolute Gasteiger partial charge is 0.320 e. The topological polar surface area (TPSA) is 447 Å². The average Bonchev–Trinajstić information content (AvgIpc) is 3.06. The third-order valence-electron chi connectivity index (χ3n) is 6.43. The highest BCUT2D eigenvalue weighted by Gasteiger charge is 2.12. The van der Waals surface area contributed by atoms with E-state index >= 15 is 0 Å². The minimum Gasteiger partial charge on any atom is -0.480 e. The molecule has 20 nitrogen and oxygen atoms in total. The molecule has 0 amide bonds. The van der Waals surface area contributed by atoms with Crippen molar-refractivity contribution in [2.75, 3.05) is 32.7 Å². The second-order valence-electron chi connectivity index (χ2n) is 11.1. The van der Waals surface area contributed by atoms with Crippen molar-refractivity contribution < 1.29 is 49.5 Å². The Balaban J connectivity index is -0.000000169. The summed E-state index contributed by atoms with van der Waals surface area (Å²) in [6.07, 6.45) is 10.8. The van der Waals surface area contributed by atoms with Crippen LogP contribution in [0.4, 0.5) is 0 Å². The Kier molecular flexibility index (Phi) is 47.5. The molecule has 0 saturated carbocycles. The fourth-order valence-corrected chi connectivity index (χ4v) is 3.16. The van der Waals surface area contributed by atoms with Crippen LogP contribution in [-0.4, -0.2) is 118 Å². The van der Waals surface area contributed by atoms with Crippen LogP contribution >= 0.6 is 0 Å². The Morgan fingerprint density at radius 3 is 0.500 bits per heavy atom. The van der Waals surface area contributed by atoms with E-state index in [4.69, 9.17) is 82.9 Å². The van der Waals surface area contributed by atoms with Gasteiger partial charge in [0.1, 0.15) is 30.2 Å². The van der Waals surface area contributed by atoms with Crippen LogP contribution in [0.15, 0.2) is 0 Å². The summed E-state index contributed by atoms with van der Waals surface area (Å²) in [5, 5.41) is 41.6. The highest BCUT2D eigenvalue weighted by molar-refractivity contribution is 5.74. The lowest BCUT2D eigenvalue weighted by Gasteiger charge is -2.03. The molecule has 20 heteroatoms. The molecule has 50 heavy (non-hydrogen) atoms. The predicted molar refractivity (Wildman–Crippen MR) is 193 cm³/mol. The zero-order chi connectivity index (χ0) is 39.9. The van der Waals surface area contributed by atoms with Crippen molar-refractivity contribution in [2.45, 2.75) is 127 Å². The van der Waals surface area contributed by atoms with Gasteiger partial charge in [-0.3, -0.25) is 24.0 Å². The molecule has 25 N–H and O–H groups in total. The number of aliphatic carboxylic acids is 5. The zero-order valence-electron chi connectivity index (χ0n) is 29.6. The molecule has 0 aliphatic rings. The molecule has 0 aliphatic carbocycles. The third kappa shape index (κ3) is 49.3. The van der Waals surface area contributed by atoms with Crippen molar-refractivity contribution in [2.24, 2.45) is 57.3 Å². The van der Waals surface area contributed by atoms with Gasteiger partial charge in [0.2, 0.25) is 0 Å². The molecule has 0 aliphatic heterocycles. The summed E-state index contributed by atoms with van der Waals surface area (Å²) in [6, 6.07) is -3.58. The van der Waals surface area contributed by atoms with Gasteiger partial charge in [-0.25, -0.2) is 0 Å². The van der Waals surface area contributed by atoms with Crippen LogP contribution in [-0.2, 0) is 24.0 Å². The lowest BCUT2D eigenvalue weighted by molar-refractivity contribution is -0.139. The van der Waals surface area contributed by atoms with Gasteiger partial charge in [-0.1, -0.05) is 32.1 Å². The fraction of sp³-hybridized carbons (Fsp3) is 0.833. The van der Waals surface area contributed by atoms with Crippen LogP contribution in [0.1, 0.15) is 96.3 Å². The summed E-state index contributed by atoms with van der Waals surface area (Å²) >= 11 is 0. The molecule has 0 spiro atoms. The maximum absolute atomic E-state index is 10.1. The monoisotopic (exact) mass is 731 g/mol. The molecule has 0 radical (unpaired) electrons. The Bertz CT molecular complexity index is 681. The first-order valence-electron chi connectivity index (χ1n) is 16.8. The summed E-state index contributed by atoms with van der Waals surface area (Å²) in [5.41, 5.74) is 52.1. The molecule has 0 saturated heterocycles. The average molecular weight is 731 g/mol. The molecular formula is C30H70N10O10. The quantitative estimate of drug-likeness (QED) is 0.0436. The minimum atomic E-state index is -0.933. The van der Waals surface area contributed by atoms with Crippen LogP contribution in [0.3, 0.4) is 0 Å². The molecule has 0 bridgehead atoms. The first-order valence-corrected chi connectivity index (χ1v) is 16.8. The van der Waals surface area contributed by atoms with E-state index in [0.29, 0.717) is 64.8 Å². The van der Waals surface area contributed by atoms with Gasteiger partial charge in [0.25, 0.3) is 0 Å². The van der Waals surface area contributed by atoms with Crippen LogP contribution in [0.25, 0.3) is 0 Å². The van der Waals surface area contributed by atoms with E-state index in [1.54, 1.807) is 0 Å². The Hall–Kier alpha value is -3.05. The first kappa shape index (κ1) is 56.3. The van der Waals surface area contributed by atoms with E-state index in [0.717, 1.165) is 64.2 Å². The van der Waals surface area contributed by atoms with Crippen molar-refractivity contribution in [1.29, 1.82) is 0 Å². The van der Waals surface area contributed by atoms with Gasteiger partial charge in [0, 0.05) is 0 Å². The van der Waals surface area contributed by atoms with Crippen molar-refractivity contribution in [3.05, 3.63) is 0 Å². The molecule has 0 fully saturated rings. The Morgan fingerprint density at radius 1 is 0.300 bits per heavy atom. The van der Waals surface area contributed by atoms with Gasteiger partial charge in [-0.05, 0) is 96.9 Å². The highest BCUT2D eigenvalue weighted by atomic mass is 16.4. The van der Waals surface area contributed by atoms with E-state index in [-0.39, 0.29) is 0 Å². The van der Waals surface area contributed by atoms with Crippen LogP contribution in [0.5, 0.6) is 0 Å². The number of rotatable bonds is 25. The van der Waals surface area contributed by atoms with E-state index in [2.05, 4.69) is 0 Å². The van der Waals surface area contributed by atoms with E-state index in [1.165, 1.54) is 0 Å². The number of hydrogen-bond donors (Lipinski definition) is 15. The molecular weight excluding hydrogens is 660 g/mol. The van der Waals surface area contributed by atoms with Gasteiger partial charge in [-0.15, -0.1) is 0 Å². The predicted octanol–water partition coefficient (Wildman–Crippen LogP) is -2.36. The van der Waals surface area contributed by atoms with E-state index in [1.807, 2.05) is 0 Å². The number of carboxylic acids is 5. The number of carboxylic acid groups (broad SMARTS) is 5. The maximum atomic E-state index is 10.1. The standard InChI is InChI=1S/5C6H14N2O2/c5*7-4-2-1-3-5(8)6(9)10/h5*5H,1-4,7-8H2,(H,9,10)/t5*5-/m00000/s1. The summed E-state index contributed by atoms with van der Waals surface area (Å²) in [5.74, 6) is -4.67. The SMILES string of the molecule is NCCCC[C@H](N)C(=O)O.NCCCC[C@H](N)C(=O)O.NCCCC[C@H](N)C(=O)O.NCCCC[C@H](N)C(=O)O.NCCCC[C@H](N)C(=O)O. The molecule has 0 aromatic rings. The molecule has 0 aromatic carbocycles. The molecule has 5 atom stereocenters. The van der Waals surface area contributed by atoms with Crippen LogP contribution in [0, 0.1) is 0 Å². The van der Waals surface area contributed by atoms with Crippen LogP contribution < -0.4 is 57.3 Å². The molecule has 0 heterocycles. The van der Waals surface area contributed by atoms with E-state index < -0.39 is 60.1 Å². The van der Waals surface area contributed by atoms with Gasteiger partial charge in [-0.2, -0.15) is 0 Å². The van der Waals surface area contributed by atoms with Crippen molar-refractivity contribution in [3.63, 3.8) is 0 Å². The molecule has 0 aromatic heterocycles. The Morgan fingerprint density at radius 2 is 0.420 bits per heavy atom. The first-order chi connectivity index (χ1) is 23.4. The number of carbonyl (C=O) groups is 5. The molecule has 300 valence electrons. The Labute approximate surface area is 296 Å². The van der Waals surface area contributed by atoms with Crippen molar-refractivity contribution >= 4 is 29.8 Å². The summed E-state index contributed by atoms with van der Waals surface area (Å²) in [7, 11) is 0. The third-order valence-corrected chi connectivity index (χ3v) is 6.43. The van der Waals surface area contributed by atoms with Gasteiger partial charge in [0.05, 0.1) is 0 Å². The van der Waals surface area contributed by atoms with Gasteiger partial charge in [0.15, 0.2) is 0 Å². The zero-order valence-corrected chi connectivity index (χ0v) is 29.6. The number of nitrogens with two attached hydrogens (primary N) is 10. The van der Waals surface area contributed by atoms with Crippen LogP contribution in [0.2, 0.25) is 0 Å². The molecule has 0 rings (SSSR count). The fourth-order valence-electron chi connectivity index (χ4n) is 3.16. The normalized spacial score (nSPS) is 13.0. The largest absolute Gasteiger partial charge is 0.480 e. The second kappa shape index (κ2) is 42.1.